The van der Waals surface area contributed by atoms with E-state index in [0.717, 1.165) is 0 Å². The van der Waals surface area contributed by atoms with Crippen LogP contribution in [0.2, 0.25) is 10.3 Å². The van der Waals surface area contributed by atoms with Crippen molar-refractivity contribution in [3.05, 3.63) is 33.1 Å². The van der Waals surface area contributed by atoms with Crippen molar-refractivity contribution in [2.45, 2.75) is 4.90 Å². The van der Waals surface area contributed by atoms with Crippen LogP contribution in [0.1, 0.15) is 0 Å². The van der Waals surface area contributed by atoms with Crippen LogP contribution in [0.25, 0.3) is 0 Å². The van der Waals surface area contributed by atoms with E-state index in [4.69, 9.17) is 27.9 Å². The summed E-state index contributed by atoms with van der Waals surface area (Å²) in [5.41, 5.74) is 0. The molecule has 0 radical (unpaired) electrons. The number of rotatable bonds is 4. The third-order valence-electron chi connectivity index (χ3n) is 2.17. The minimum absolute atomic E-state index is 0.0259. The zero-order valence-electron chi connectivity index (χ0n) is 10.3. The maximum absolute atomic E-state index is 12.3. The van der Waals surface area contributed by atoms with Crippen molar-refractivity contribution in [3.63, 3.8) is 0 Å². The van der Waals surface area contributed by atoms with Gasteiger partial charge in [-0.25, -0.2) is 23.1 Å². The number of hydrogen-bond donors (Lipinski definition) is 1. The first-order valence-corrected chi connectivity index (χ1v) is 8.27. The number of halogens is 3. The van der Waals surface area contributed by atoms with Gasteiger partial charge in [-0.2, -0.15) is 4.98 Å². The van der Waals surface area contributed by atoms with Crippen LogP contribution >= 0.6 is 39.1 Å². The van der Waals surface area contributed by atoms with Gasteiger partial charge in [0.15, 0.2) is 0 Å². The summed E-state index contributed by atoms with van der Waals surface area (Å²) in [5, 5.41) is -0.155. The van der Waals surface area contributed by atoms with Gasteiger partial charge in [-0.05, 0) is 22.0 Å². The summed E-state index contributed by atoms with van der Waals surface area (Å²) in [7, 11) is -2.65. The van der Waals surface area contributed by atoms with E-state index in [1.807, 2.05) is 0 Å². The lowest BCUT2D eigenvalue weighted by Crippen LogP contribution is -2.16. The number of anilines is 1. The van der Waals surface area contributed by atoms with Gasteiger partial charge in [0.25, 0.3) is 10.0 Å². The number of nitrogens with zero attached hydrogens (tertiary/aromatic N) is 3. The molecule has 0 bridgehead atoms. The SMILES string of the molecule is COc1cc(Cl)nc(NS(=O)(=O)c2cc(Br)cnc2Cl)n1. The molecule has 0 aliphatic heterocycles. The minimum atomic E-state index is -4.02. The first-order valence-electron chi connectivity index (χ1n) is 5.24. The fourth-order valence-corrected chi connectivity index (χ4v) is 3.38. The third-order valence-corrected chi connectivity index (χ3v) is 4.55. The summed E-state index contributed by atoms with van der Waals surface area (Å²) < 4.78 is 32.0. The Morgan fingerprint density at radius 3 is 2.67 bits per heavy atom. The van der Waals surface area contributed by atoms with Crippen molar-refractivity contribution in [1.82, 2.24) is 15.0 Å². The molecular formula is C10H7BrCl2N4O3S. The fraction of sp³-hybridized carbons (Fsp3) is 0.100. The quantitative estimate of drug-likeness (QED) is 0.611. The molecule has 2 rings (SSSR count). The number of pyridine rings is 1. The Bertz CT molecular complexity index is 788. The maximum Gasteiger partial charge on any atom is 0.267 e. The minimum Gasteiger partial charge on any atom is -0.481 e. The third kappa shape index (κ3) is 3.94. The molecule has 0 aliphatic rings. The molecule has 7 nitrogen and oxygen atoms in total. The highest BCUT2D eigenvalue weighted by Crippen LogP contribution is 2.25. The Labute approximate surface area is 138 Å². The number of hydrogen-bond acceptors (Lipinski definition) is 6. The fourth-order valence-electron chi connectivity index (χ4n) is 1.31. The van der Waals surface area contributed by atoms with Crippen LogP contribution in [-0.4, -0.2) is 30.5 Å². The summed E-state index contributed by atoms with van der Waals surface area (Å²) >= 11 is 14.7. The van der Waals surface area contributed by atoms with Crippen molar-refractivity contribution in [2.24, 2.45) is 0 Å². The van der Waals surface area contributed by atoms with Gasteiger partial charge in [0.2, 0.25) is 11.8 Å². The zero-order chi connectivity index (χ0) is 15.6. The molecule has 0 amide bonds. The van der Waals surface area contributed by atoms with Gasteiger partial charge < -0.3 is 4.74 Å². The van der Waals surface area contributed by atoms with Crippen LogP contribution in [0.5, 0.6) is 5.88 Å². The van der Waals surface area contributed by atoms with Crippen LogP contribution < -0.4 is 9.46 Å². The lowest BCUT2D eigenvalue weighted by molar-refractivity contribution is 0.397. The van der Waals surface area contributed by atoms with Crippen molar-refractivity contribution in [1.29, 1.82) is 0 Å². The van der Waals surface area contributed by atoms with E-state index in [9.17, 15) is 8.42 Å². The molecule has 1 N–H and O–H groups in total. The summed E-state index contributed by atoms with van der Waals surface area (Å²) in [6, 6.07) is 2.65. The molecule has 0 unspecified atom stereocenters. The molecule has 2 aromatic heterocycles. The standard InChI is InChI=1S/C10H7BrCl2N4O3S/c1-20-8-3-7(12)15-10(16-8)17-21(18,19)6-2-5(11)4-14-9(6)13/h2-4H,1H3,(H,15,16,17). The summed E-state index contributed by atoms with van der Waals surface area (Å²) in [6.07, 6.45) is 1.38. The highest BCUT2D eigenvalue weighted by molar-refractivity contribution is 9.10. The maximum atomic E-state index is 12.3. The molecule has 2 aromatic rings. The Balaban J connectivity index is 2.42. The number of methoxy groups -OCH3 is 1. The van der Waals surface area contributed by atoms with E-state index in [1.54, 1.807) is 0 Å². The lowest BCUT2D eigenvalue weighted by atomic mass is 10.5. The Morgan fingerprint density at radius 1 is 1.29 bits per heavy atom. The molecule has 2 heterocycles. The van der Waals surface area contributed by atoms with E-state index in [-0.39, 0.29) is 27.0 Å². The molecule has 0 saturated carbocycles. The summed E-state index contributed by atoms with van der Waals surface area (Å²) in [4.78, 5) is 11.1. The molecule has 0 aromatic carbocycles. The molecule has 0 atom stereocenters. The van der Waals surface area contributed by atoms with Crippen molar-refractivity contribution in [3.8, 4) is 5.88 Å². The van der Waals surface area contributed by atoms with E-state index in [2.05, 4.69) is 35.6 Å². The Kier molecular flexibility index (Phi) is 4.87. The summed E-state index contributed by atoms with van der Waals surface area (Å²) in [6.45, 7) is 0. The molecule has 21 heavy (non-hydrogen) atoms. The molecule has 0 aliphatic carbocycles. The number of ether oxygens (including phenoxy) is 1. The molecule has 11 heteroatoms. The van der Waals surface area contributed by atoms with Crippen LogP contribution in [-0.2, 0) is 10.0 Å². The largest absolute Gasteiger partial charge is 0.481 e. The highest BCUT2D eigenvalue weighted by Gasteiger charge is 2.21. The lowest BCUT2D eigenvalue weighted by Gasteiger charge is -2.09. The topological polar surface area (TPSA) is 94.1 Å². The van der Waals surface area contributed by atoms with Gasteiger partial charge in [0, 0.05) is 16.7 Å². The van der Waals surface area contributed by atoms with E-state index >= 15 is 0 Å². The second kappa shape index (κ2) is 6.30. The number of aromatic nitrogens is 3. The second-order valence-corrected chi connectivity index (χ2v) is 6.92. The molecular weight excluding hydrogens is 407 g/mol. The van der Waals surface area contributed by atoms with Crippen LogP contribution in [0.15, 0.2) is 27.7 Å². The highest BCUT2D eigenvalue weighted by atomic mass is 79.9. The van der Waals surface area contributed by atoms with Gasteiger partial charge in [0.1, 0.15) is 15.2 Å². The molecule has 0 fully saturated rings. The second-order valence-electron chi connectivity index (χ2n) is 3.60. The Hall–Kier alpha value is -1.16. The average Bonchev–Trinajstić information content (AvgIpc) is 2.40. The van der Waals surface area contributed by atoms with Crippen molar-refractivity contribution in [2.75, 3.05) is 11.8 Å². The molecule has 0 spiro atoms. The van der Waals surface area contributed by atoms with Crippen molar-refractivity contribution >= 4 is 55.1 Å². The van der Waals surface area contributed by atoms with Gasteiger partial charge in [-0.1, -0.05) is 23.2 Å². The molecule has 112 valence electrons. The van der Waals surface area contributed by atoms with Crippen LogP contribution in [0.3, 0.4) is 0 Å². The van der Waals surface area contributed by atoms with E-state index < -0.39 is 10.0 Å². The van der Waals surface area contributed by atoms with Gasteiger partial charge >= 0.3 is 0 Å². The van der Waals surface area contributed by atoms with Gasteiger partial charge in [-0.3, -0.25) is 0 Å². The number of sulfonamides is 1. The smallest absolute Gasteiger partial charge is 0.267 e. The predicted octanol–water partition coefficient (Wildman–Crippen LogP) is 2.75. The summed E-state index contributed by atoms with van der Waals surface area (Å²) in [5.74, 6) is -0.124. The first-order chi connectivity index (χ1) is 9.81. The first kappa shape index (κ1) is 16.2. The van der Waals surface area contributed by atoms with E-state index in [1.165, 1.54) is 25.4 Å². The Morgan fingerprint density at radius 2 is 2.00 bits per heavy atom. The van der Waals surface area contributed by atoms with Crippen LogP contribution in [0.4, 0.5) is 5.95 Å². The van der Waals surface area contributed by atoms with Gasteiger partial charge in [0.05, 0.1) is 7.11 Å². The van der Waals surface area contributed by atoms with E-state index in [0.29, 0.717) is 4.47 Å². The predicted molar refractivity (Wildman–Crippen MR) is 81.3 cm³/mol. The zero-order valence-corrected chi connectivity index (χ0v) is 14.3. The molecule has 0 saturated heterocycles. The average molecular weight is 414 g/mol. The van der Waals surface area contributed by atoms with Gasteiger partial charge in [-0.15, -0.1) is 0 Å². The van der Waals surface area contributed by atoms with Crippen LogP contribution in [0, 0.1) is 0 Å². The normalized spacial score (nSPS) is 11.2. The monoisotopic (exact) mass is 412 g/mol. The van der Waals surface area contributed by atoms with Crippen molar-refractivity contribution < 1.29 is 13.2 Å². The number of nitrogens with one attached hydrogen (secondary N) is 1.